The average molecular weight is 517 g/mol. The largest absolute Gasteiger partial charge is 0.342 e. The third kappa shape index (κ3) is 8.14. The molecule has 0 fully saturated rings. The Kier molecular flexibility index (Phi) is 11.5. The van der Waals surface area contributed by atoms with E-state index in [-0.39, 0.29) is 29.7 Å². The van der Waals surface area contributed by atoms with Gasteiger partial charge in [0.15, 0.2) is 0 Å². The van der Waals surface area contributed by atoms with Gasteiger partial charge in [0.05, 0.1) is 19.2 Å². The first-order valence-corrected chi connectivity index (χ1v) is 12.8. The SMILES string of the molecule is CN[C@H](C(=O)NC(C(=O)N(C)C(/C=C(\C)C(=O)N(C)OC)C(C)C)C(C)(C)C)C(C)(C)c1ccccc1. The van der Waals surface area contributed by atoms with E-state index < -0.39 is 22.9 Å². The Morgan fingerprint density at radius 1 is 0.973 bits per heavy atom. The van der Waals surface area contributed by atoms with Gasteiger partial charge in [0, 0.05) is 25.1 Å². The van der Waals surface area contributed by atoms with E-state index in [1.165, 1.54) is 7.11 Å². The highest BCUT2D eigenvalue weighted by Crippen LogP contribution is 2.29. The van der Waals surface area contributed by atoms with Crippen LogP contribution in [0, 0.1) is 11.3 Å². The number of hydroxylamine groups is 2. The van der Waals surface area contributed by atoms with Gasteiger partial charge in [0.25, 0.3) is 5.91 Å². The highest BCUT2D eigenvalue weighted by atomic mass is 16.7. The number of hydrogen-bond donors (Lipinski definition) is 2. The Labute approximate surface area is 223 Å². The molecule has 0 bridgehead atoms. The van der Waals surface area contributed by atoms with Crippen LogP contribution >= 0.6 is 0 Å². The topological polar surface area (TPSA) is 91.0 Å². The summed E-state index contributed by atoms with van der Waals surface area (Å²) in [7, 11) is 6.44. The lowest BCUT2D eigenvalue weighted by molar-refractivity contribution is -0.164. The highest BCUT2D eigenvalue weighted by Gasteiger charge is 2.41. The number of carbonyl (C=O) groups excluding carboxylic acids is 3. The molecule has 0 spiro atoms. The molecule has 0 aliphatic rings. The van der Waals surface area contributed by atoms with Gasteiger partial charge in [-0.1, -0.05) is 84.9 Å². The summed E-state index contributed by atoms with van der Waals surface area (Å²) >= 11 is 0. The predicted octanol–water partition coefficient (Wildman–Crippen LogP) is 3.53. The van der Waals surface area contributed by atoms with E-state index >= 15 is 0 Å². The summed E-state index contributed by atoms with van der Waals surface area (Å²) in [5.74, 6) is -0.719. The first-order chi connectivity index (χ1) is 17.0. The molecule has 3 amide bonds. The maximum absolute atomic E-state index is 13.9. The maximum atomic E-state index is 13.9. The number of nitrogens with zero attached hydrogens (tertiary/aromatic N) is 2. The first-order valence-electron chi connectivity index (χ1n) is 12.8. The third-order valence-corrected chi connectivity index (χ3v) is 6.99. The van der Waals surface area contributed by atoms with Crippen LogP contribution in [0.5, 0.6) is 0 Å². The fourth-order valence-electron chi connectivity index (χ4n) is 4.49. The molecular formula is C29H48N4O4. The van der Waals surface area contributed by atoms with E-state index in [9.17, 15) is 14.4 Å². The second-order valence-electron chi connectivity index (χ2n) is 11.6. The Bertz CT molecular complexity index is 950. The van der Waals surface area contributed by atoms with Gasteiger partial charge in [-0.25, -0.2) is 5.06 Å². The van der Waals surface area contributed by atoms with E-state index in [2.05, 4.69) is 10.6 Å². The summed E-state index contributed by atoms with van der Waals surface area (Å²) in [6, 6.07) is 8.15. The highest BCUT2D eigenvalue weighted by molar-refractivity contribution is 5.93. The predicted molar refractivity (Wildman–Crippen MR) is 149 cm³/mol. The van der Waals surface area contributed by atoms with Crippen molar-refractivity contribution in [2.75, 3.05) is 28.3 Å². The summed E-state index contributed by atoms with van der Waals surface area (Å²) in [5.41, 5.74) is 0.416. The van der Waals surface area contributed by atoms with Crippen LogP contribution in [0.2, 0.25) is 0 Å². The molecule has 1 aromatic carbocycles. The number of likely N-dealkylation sites (N-methyl/N-ethyl adjacent to an activating group) is 3. The van der Waals surface area contributed by atoms with Crippen LogP contribution < -0.4 is 10.6 Å². The number of amides is 3. The van der Waals surface area contributed by atoms with Crippen LogP contribution in [0.25, 0.3) is 0 Å². The quantitative estimate of drug-likeness (QED) is 0.347. The van der Waals surface area contributed by atoms with Crippen molar-refractivity contribution in [1.29, 1.82) is 0 Å². The van der Waals surface area contributed by atoms with Crippen molar-refractivity contribution < 1.29 is 19.2 Å². The Morgan fingerprint density at radius 2 is 1.51 bits per heavy atom. The molecule has 3 atom stereocenters. The van der Waals surface area contributed by atoms with E-state index in [0.717, 1.165) is 10.6 Å². The van der Waals surface area contributed by atoms with Gasteiger partial charge < -0.3 is 15.5 Å². The molecule has 8 heteroatoms. The summed E-state index contributed by atoms with van der Waals surface area (Å²) in [5, 5.41) is 7.36. The van der Waals surface area contributed by atoms with Gasteiger partial charge >= 0.3 is 0 Å². The van der Waals surface area contributed by atoms with Crippen LogP contribution in [-0.4, -0.2) is 74.1 Å². The minimum absolute atomic E-state index is 0.0305. The Hall–Kier alpha value is -2.71. The number of hydrogen-bond acceptors (Lipinski definition) is 5. The number of carbonyl (C=O) groups is 3. The lowest BCUT2D eigenvalue weighted by atomic mass is 9.76. The average Bonchev–Trinajstić information content (AvgIpc) is 2.83. The summed E-state index contributed by atoms with van der Waals surface area (Å²) in [6.07, 6.45) is 1.79. The molecule has 0 saturated carbocycles. The van der Waals surface area contributed by atoms with Gasteiger partial charge in [0.1, 0.15) is 6.04 Å². The van der Waals surface area contributed by atoms with Crippen molar-refractivity contribution in [2.45, 2.75) is 78.9 Å². The van der Waals surface area contributed by atoms with Crippen molar-refractivity contribution in [3.63, 3.8) is 0 Å². The number of benzene rings is 1. The lowest BCUT2D eigenvalue weighted by Crippen LogP contribution is -2.61. The van der Waals surface area contributed by atoms with Crippen LogP contribution in [0.3, 0.4) is 0 Å². The summed E-state index contributed by atoms with van der Waals surface area (Å²) < 4.78 is 0. The minimum atomic E-state index is -0.778. The van der Waals surface area contributed by atoms with E-state index in [1.807, 2.05) is 78.8 Å². The van der Waals surface area contributed by atoms with Gasteiger partial charge in [-0.15, -0.1) is 0 Å². The van der Waals surface area contributed by atoms with E-state index in [1.54, 1.807) is 39.0 Å². The first kappa shape index (κ1) is 32.3. The molecule has 0 radical (unpaired) electrons. The van der Waals surface area contributed by atoms with E-state index in [4.69, 9.17) is 4.84 Å². The minimum Gasteiger partial charge on any atom is -0.342 e. The fourth-order valence-corrected chi connectivity index (χ4v) is 4.49. The monoisotopic (exact) mass is 516 g/mol. The van der Waals surface area contributed by atoms with Crippen molar-refractivity contribution >= 4 is 17.7 Å². The van der Waals surface area contributed by atoms with Gasteiger partial charge in [0.2, 0.25) is 11.8 Å². The molecule has 0 aliphatic heterocycles. The van der Waals surface area contributed by atoms with Gasteiger partial charge in [-0.05, 0) is 30.9 Å². The number of nitrogens with one attached hydrogen (secondary N) is 2. The second kappa shape index (κ2) is 13.2. The molecule has 0 aromatic heterocycles. The zero-order chi connectivity index (χ0) is 28.7. The van der Waals surface area contributed by atoms with Crippen LogP contribution in [0.4, 0.5) is 0 Å². The fraction of sp³-hybridized carbons (Fsp3) is 0.621. The summed E-state index contributed by atoms with van der Waals surface area (Å²) in [4.78, 5) is 46.7. The third-order valence-electron chi connectivity index (χ3n) is 6.99. The molecule has 2 N–H and O–H groups in total. The molecule has 2 unspecified atom stereocenters. The van der Waals surface area contributed by atoms with Gasteiger partial charge in [-0.3, -0.25) is 19.2 Å². The smallest absolute Gasteiger partial charge is 0.272 e. The molecule has 208 valence electrons. The summed E-state index contributed by atoms with van der Waals surface area (Å²) in [6.45, 7) is 15.5. The molecule has 1 aromatic rings. The normalized spacial score (nSPS) is 15.1. The van der Waals surface area contributed by atoms with Crippen LogP contribution in [-0.2, 0) is 24.6 Å². The standard InChI is InChI=1S/C29H48N4O4/c1-19(2)22(18-20(3)26(35)33(11)37-12)32(10)27(36)24(28(4,5)6)31-25(34)23(30-9)29(7,8)21-16-14-13-15-17-21/h13-19,22-24,30H,1-12H3,(H,31,34)/b20-18+/t22?,23-,24?/m1/s1. The molecular weight excluding hydrogens is 468 g/mol. The number of rotatable bonds is 11. The molecule has 0 aliphatic carbocycles. The zero-order valence-electron chi connectivity index (χ0n) is 24.8. The Morgan fingerprint density at radius 3 is 1.95 bits per heavy atom. The van der Waals surface area contributed by atoms with E-state index in [0.29, 0.717) is 5.57 Å². The molecule has 1 rings (SSSR count). The second-order valence-corrected chi connectivity index (χ2v) is 11.6. The van der Waals surface area contributed by atoms with Crippen molar-refractivity contribution in [2.24, 2.45) is 11.3 Å². The van der Waals surface area contributed by atoms with Crippen LogP contribution in [0.1, 0.15) is 61.0 Å². The van der Waals surface area contributed by atoms with Crippen molar-refractivity contribution in [3.8, 4) is 0 Å². The van der Waals surface area contributed by atoms with Gasteiger partial charge in [-0.2, -0.15) is 0 Å². The van der Waals surface area contributed by atoms with Crippen molar-refractivity contribution in [3.05, 3.63) is 47.5 Å². The molecule has 0 saturated heterocycles. The molecule has 37 heavy (non-hydrogen) atoms. The molecule has 8 nitrogen and oxygen atoms in total. The lowest BCUT2D eigenvalue weighted by Gasteiger charge is -2.40. The maximum Gasteiger partial charge on any atom is 0.272 e. The molecule has 0 heterocycles. The Balaban J connectivity index is 3.31. The zero-order valence-corrected chi connectivity index (χ0v) is 24.8. The van der Waals surface area contributed by atoms with Crippen LogP contribution in [0.15, 0.2) is 42.0 Å². The van der Waals surface area contributed by atoms with Crippen molar-refractivity contribution in [1.82, 2.24) is 20.6 Å².